The predicted octanol–water partition coefficient (Wildman–Crippen LogP) is 3.38. The lowest BCUT2D eigenvalue weighted by molar-refractivity contribution is 0.467. The Morgan fingerprint density at radius 3 is 2.53 bits per heavy atom. The van der Waals surface area contributed by atoms with Gasteiger partial charge in [-0.2, -0.15) is 0 Å². The van der Waals surface area contributed by atoms with Crippen molar-refractivity contribution in [1.82, 2.24) is 14.5 Å². The first-order valence-corrected chi connectivity index (χ1v) is 6.19. The highest BCUT2D eigenvalue weighted by Crippen LogP contribution is 2.28. The highest BCUT2D eigenvalue weighted by atomic mass is 16.5. The maximum Gasteiger partial charge on any atom is 0.247 e. The van der Waals surface area contributed by atoms with E-state index in [4.69, 9.17) is 4.74 Å². The minimum absolute atomic E-state index is 0.560. The smallest absolute Gasteiger partial charge is 0.247 e. The Hall–Kier alpha value is -2.36. The normalized spacial score (nSPS) is 10.9. The van der Waals surface area contributed by atoms with Gasteiger partial charge in [0.25, 0.3) is 0 Å². The fraction of sp³-hybridized carbons (Fsp3) is 0.200. The second-order valence-corrected chi connectivity index (χ2v) is 4.57. The number of aromatic nitrogens is 3. The molecular formula is C15H15N3O. The van der Waals surface area contributed by atoms with Crippen LogP contribution in [0.15, 0.2) is 36.4 Å². The summed E-state index contributed by atoms with van der Waals surface area (Å²) in [5.74, 6) is 2.27. The van der Waals surface area contributed by atoms with Crippen LogP contribution in [0.2, 0.25) is 0 Å². The van der Waals surface area contributed by atoms with Crippen LogP contribution in [-0.4, -0.2) is 14.5 Å². The van der Waals surface area contributed by atoms with Gasteiger partial charge in [0.1, 0.15) is 11.6 Å². The van der Waals surface area contributed by atoms with Gasteiger partial charge in [-0.1, -0.05) is 18.2 Å². The van der Waals surface area contributed by atoms with Crippen LogP contribution in [0.25, 0.3) is 11.0 Å². The fourth-order valence-electron chi connectivity index (χ4n) is 2.06. The van der Waals surface area contributed by atoms with Crippen LogP contribution in [-0.2, 0) is 7.05 Å². The van der Waals surface area contributed by atoms with Crippen LogP contribution in [0.3, 0.4) is 0 Å². The SMILES string of the molecule is Cc1cc2c(nc(C)n2C)c(Oc2ccccc2)n1. The van der Waals surface area contributed by atoms with Gasteiger partial charge < -0.3 is 9.30 Å². The van der Waals surface area contributed by atoms with Crippen molar-refractivity contribution >= 4 is 11.0 Å². The molecule has 4 heteroatoms. The second kappa shape index (κ2) is 4.39. The number of pyridine rings is 1. The fourth-order valence-corrected chi connectivity index (χ4v) is 2.06. The molecule has 0 aliphatic carbocycles. The van der Waals surface area contributed by atoms with Gasteiger partial charge in [0, 0.05) is 12.7 Å². The molecule has 19 heavy (non-hydrogen) atoms. The van der Waals surface area contributed by atoms with Crippen molar-refractivity contribution in [2.24, 2.45) is 7.05 Å². The molecule has 0 bridgehead atoms. The molecule has 4 nitrogen and oxygen atoms in total. The largest absolute Gasteiger partial charge is 0.437 e. The first-order valence-electron chi connectivity index (χ1n) is 6.19. The first kappa shape index (κ1) is 11.7. The molecule has 3 aromatic rings. The quantitative estimate of drug-likeness (QED) is 0.703. The van der Waals surface area contributed by atoms with Gasteiger partial charge in [0.05, 0.1) is 5.52 Å². The molecular weight excluding hydrogens is 238 g/mol. The summed E-state index contributed by atoms with van der Waals surface area (Å²) in [6, 6.07) is 11.7. The maximum atomic E-state index is 5.85. The Labute approximate surface area is 111 Å². The van der Waals surface area contributed by atoms with E-state index in [1.165, 1.54) is 0 Å². The third kappa shape index (κ3) is 2.05. The third-order valence-corrected chi connectivity index (χ3v) is 3.15. The molecule has 0 saturated carbocycles. The van der Waals surface area contributed by atoms with Crippen molar-refractivity contribution in [3.63, 3.8) is 0 Å². The lowest BCUT2D eigenvalue weighted by atomic mass is 10.3. The van der Waals surface area contributed by atoms with E-state index >= 15 is 0 Å². The van der Waals surface area contributed by atoms with Crippen LogP contribution in [0.1, 0.15) is 11.5 Å². The Morgan fingerprint density at radius 2 is 1.79 bits per heavy atom. The molecule has 0 saturated heterocycles. The summed E-state index contributed by atoms with van der Waals surface area (Å²) in [7, 11) is 2.00. The molecule has 2 heterocycles. The molecule has 3 rings (SSSR count). The number of ether oxygens (including phenoxy) is 1. The lowest BCUT2D eigenvalue weighted by Gasteiger charge is -2.06. The molecule has 2 aromatic heterocycles. The van der Waals surface area contributed by atoms with E-state index in [0.717, 1.165) is 28.3 Å². The van der Waals surface area contributed by atoms with Gasteiger partial charge in [-0.05, 0) is 32.0 Å². The summed E-state index contributed by atoms with van der Waals surface area (Å²) >= 11 is 0. The van der Waals surface area contributed by atoms with Crippen LogP contribution < -0.4 is 4.74 Å². The van der Waals surface area contributed by atoms with Crippen molar-refractivity contribution < 1.29 is 4.74 Å². The molecule has 96 valence electrons. The zero-order valence-electron chi connectivity index (χ0n) is 11.2. The number of fused-ring (bicyclic) bond motifs is 1. The first-order chi connectivity index (χ1) is 9.15. The van der Waals surface area contributed by atoms with Crippen molar-refractivity contribution in [3.05, 3.63) is 47.9 Å². The average molecular weight is 253 g/mol. The summed E-state index contributed by atoms with van der Waals surface area (Å²) < 4.78 is 7.90. The zero-order chi connectivity index (χ0) is 13.4. The van der Waals surface area contributed by atoms with Crippen LogP contribution in [0.5, 0.6) is 11.6 Å². The second-order valence-electron chi connectivity index (χ2n) is 4.57. The molecule has 0 fully saturated rings. The van der Waals surface area contributed by atoms with Gasteiger partial charge in [0.15, 0.2) is 5.52 Å². The van der Waals surface area contributed by atoms with E-state index in [0.29, 0.717) is 5.88 Å². The number of aryl methyl sites for hydroxylation is 3. The van der Waals surface area contributed by atoms with Crippen molar-refractivity contribution in [1.29, 1.82) is 0 Å². The molecule has 1 aromatic carbocycles. The third-order valence-electron chi connectivity index (χ3n) is 3.15. The minimum Gasteiger partial charge on any atom is -0.437 e. The topological polar surface area (TPSA) is 39.9 Å². The van der Waals surface area contributed by atoms with E-state index in [-0.39, 0.29) is 0 Å². The molecule has 0 aliphatic rings. The van der Waals surface area contributed by atoms with Crippen LogP contribution in [0.4, 0.5) is 0 Å². The molecule has 0 aliphatic heterocycles. The number of benzene rings is 1. The van der Waals surface area contributed by atoms with Gasteiger partial charge >= 0.3 is 0 Å². The zero-order valence-corrected chi connectivity index (χ0v) is 11.2. The number of nitrogens with zero attached hydrogens (tertiary/aromatic N) is 3. The molecule has 0 radical (unpaired) electrons. The van der Waals surface area contributed by atoms with Crippen molar-refractivity contribution in [2.45, 2.75) is 13.8 Å². The molecule has 0 atom stereocenters. The molecule has 0 amide bonds. The Morgan fingerprint density at radius 1 is 1.05 bits per heavy atom. The summed E-state index contributed by atoms with van der Waals surface area (Å²) in [5, 5.41) is 0. The van der Waals surface area contributed by atoms with Crippen LogP contribution >= 0.6 is 0 Å². The number of rotatable bonds is 2. The Bertz CT molecular complexity index is 732. The number of para-hydroxylation sites is 1. The van der Waals surface area contributed by atoms with E-state index < -0.39 is 0 Å². The average Bonchev–Trinajstić information content (AvgIpc) is 2.68. The summed E-state index contributed by atoms with van der Waals surface area (Å²) in [5.41, 5.74) is 2.76. The number of imidazole rings is 1. The van der Waals surface area contributed by atoms with Gasteiger partial charge in [0.2, 0.25) is 5.88 Å². The van der Waals surface area contributed by atoms with Gasteiger partial charge in [-0.25, -0.2) is 9.97 Å². The predicted molar refractivity (Wildman–Crippen MR) is 74.5 cm³/mol. The monoisotopic (exact) mass is 253 g/mol. The Balaban J connectivity index is 2.15. The maximum absolute atomic E-state index is 5.85. The number of hydrogen-bond acceptors (Lipinski definition) is 3. The van der Waals surface area contributed by atoms with Crippen molar-refractivity contribution in [3.8, 4) is 11.6 Å². The molecule has 0 unspecified atom stereocenters. The number of hydrogen-bond donors (Lipinski definition) is 0. The van der Waals surface area contributed by atoms with E-state index in [9.17, 15) is 0 Å². The van der Waals surface area contributed by atoms with E-state index in [2.05, 4.69) is 9.97 Å². The molecule has 0 spiro atoms. The van der Waals surface area contributed by atoms with Crippen LogP contribution in [0, 0.1) is 13.8 Å². The minimum atomic E-state index is 0.560. The highest BCUT2D eigenvalue weighted by molar-refractivity contribution is 5.81. The molecule has 0 N–H and O–H groups in total. The van der Waals surface area contributed by atoms with Gasteiger partial charge in [-0.3, -0.25) is 0 Å². The van der Waals surface area contributed by atoms with Gasteiger partial charge in [-0.15, -0.1) is 0 Å². The summed E-state index contributed by atoms with van der Waals surface area (Å²) in [6.45, 7) is 3.93. The summed E-state index contributed by atoms with van der Waals surface area (Å²) in [4.78, 5) is 8.98. The standard InChI is InChI=1S/C15H15N3O/c1-10-9-13-14(17-11(2)18(13)3)15(16-10)19-12-7-5-4-6-8-12/h4-9H,1-3H3. The summed E-state index contributed by atoms with van der Waals surface area (Å²) in [6.07, 6.45) is 0. The lowest BCUT2D eigenvalue weighted by Crippen LogP contribution is -1.93. The highest BCUT2D eigenvalue weighted by Gasteiger charge is 2.13. The van der Waals surface area contributed by atoms with E-state index in [1.807, 2.05) is 61.9 Å². The van der Waals surface area contributed by atoms with E-state index in [1.54, 1.807) is 0 Å². The van der Waals surface area contributed by atoms with Crippen molar-refractivity contribution in [2.75, 3.05) is 0 Å². The Kier molecular flexibility index (Phi) is 2.71.